The quantitative estimate of drug-likeness (QED) is 0.606. The first-order chi connectivity index (χ1) is 8.82. The maximum atomic E-state index is 12.7. The van der Waals surface area contributed by atoms with Crippen LogP contribution < -0.4 is 0 Å². The summed E-state index contributed by atoms with van der Waals surface area (Å²) in [5.74, 6) is 0.498. The fraction of sp³-hybridized carbons (Fsp3) is 0.500. The SMILES string of the molecule is CC1CCN(S(=O)(=O)c2cc(Br)ccc2Br)CC1Br. The van der Waals surface area contributed by atoms with Gasteiger partial charge >= 0.3 is 0 Å². The minimum absolute atomic E-state index is 0.210. The molecule has 0 bridgehead atoms. The first kappa shape index (κ1) is 15.9. The van der Waals surface area contributed by atoms with Crippen molar-refractivity contribution < 1.29 is 8.42 Å². The molecule has 2 rings (SSSR count). The van der Waals surface area contributed by atoms with Gasteiger partial charge in [-0.25, -0.2) is 8.42 Å². The molecular formula is C12H14Br3NO2S. The van der Waals surface area contributed by atoms with E-state index in [9.17, 15) is 8.42 Å². The number of piperidine rings is 1. The Bertz CT molecular complexity index is 576. The van der Waals surface area contributed by atoms with Crippen molar-refractivity contribution in [2.24, 2.45) is 5.92 Å². The lowest BCUT2D eigenvalue weighted by atomic mass is 10.0. The van der Waals surface area contributed by atoms with Crippen LogP contribution in [0.1, 0.15) is 13.3 Å². The van der Waals surface area contributed by atoms with Crippen molar-refractivity contribution in [1.82, 2.24) is 4.31 Å². The molecule has 19 heavy (non-hydrogen) atoms. The van der Waals surface area contributed by atoms with Crippen LogP contribution in [0.3, 0.4) is 0 Å². The van der Waals surface area contributed by atoms with Gasteiger partial charge in [-0.1, -0.05) is 38.8 Å². The van der Waals surface area contributed by atoms with Crippen LogP contribution in [-0.4, -0.2) is 30.6 Å². The number of sulfonamides is 1. The third-order valence-electron chi connectivity index (χ3n) is 3.34. The average molecular weight is 476 g/mol. The molecule has 1 aromatic rings. The van der Waals surface area contributed by atoms with Gasteiger partial charge in [-0.05, 0) is 46.5 Å². The van der Waals surface area contributed by atoms with Gasteiger partial charge in [0.05, 0.1) is 4.90 Å². The van der Waals surface area contributed by atoms with Crippen molar-refractivity contribution in [3.63, 3.8) is 0 Å². The third kappa shape index (κ3) is 3.43. The Balaban J connectivity index is 2.35. The second kappa shape index (κ2) is 6.13. The van der Waals surface area contributed by atoms with Crippen molar-refractivity contribution in [3.05, 3.63) is 27.1 Å². The summed E-state index contributed by atoms with van der Waals surface area (Å²) in [6, 6.07) is 5.20. The highest BCUT2D eigenvalue weighted by Gasteiger charge is 2.33. The Hall–Kier alpha value is 0.570. The van der Waals surface area contributed by atoms with Crippen molar-refractivity contribution in [2.45, 2.75) is 23.1 Å². The van der Waals surface area contributed by atoms with Crippen LogP contribution in [0.15, 0.2) is 32.0 Å². The molecule has 0 aliphatic carbocycles. The summed E-state index contributed by atoms with van der Waals surface area (Å²) in [4.78, 5) is 0.526. The number of alkyl halides is 1. The van der Waals surface area contributed by atoms with E-state index in [-0.39, 0.29) is 4.83 Å². The van der Waals surface area contributed by atoms with Crippen LogP contribution in [0.25, 0.3) is 0 Å². The molecule has 0 spiro atoms. The standard InChI is InChI=1S/C12H14Br3NO2S/c1-8-4-5-16(7-11(8)15)19(17,18)12-6-9(13)2-3-10(12)14/h2-3,6,8,11H,4-5,7H2,1H3. The number of nitrogens with zero attached hydrogens (tertiary/aromatic N) is 1. The summed E-state index contributed by atoms with van der Waals surface area (Å²) in [6.07, 6.45) is 0.876. The van der Waals surface area contributed by atoms with Crippen LogP contribution in [-0.2, 0) is 10.0 Å². The Labute approximate surface area is 139 Å². The lowest BCUT2D eigenvalue weighted by Gasteiger charge is -2.33. The number of hydrogen-bond acceptors (Lipinski definition) is 2. The van der Waals surface area contributed by atoms with Gasteiger partial charge in [0, 0.05) is 26.9 Å². The predicted molar refractivity (Wildman–Crippen MR) is 87.1 cm³/mol. The monoisotopic (exact) mass is 473 g/mol. The maximum Gasteiger partial charge on any atom is 0.244 e. The van der Waals surface area contributed by atoms with Gasteiger partial charge in [-0.15, -0.1) is 0 Å². The Morgan fingerprint density at radius 3 is 2.63 bits per heavy atom. The van der Waals surface area contributed by atoms with E-state index in [4.69, 9.17) is 0 Å². The van der Waals surface area contributed by atoms with Crippen LogP contribution in [0.4, 0.5) is 0 Å². The Kier molecular flexibility index (Phi) is 5.15. The van der Waals surface area contributed by atoms with Crippen molar-refractivity contribution in [1.29, 1.82) is 0 Å². The fourth-order valence-corrected chi connectivity index (χ4v) is 5.78. The van der Waals surface area contributed by atoms with Crippen molar-refractivity contribution >= 4 is 57.8 Å². The Morgan fingerprint density at radius 1 is 1.32 bits per heavy atom. The van der Waals surface area contributed by atoms with Crippen molar-refractivity contribution in [3.8, 4) is 0 Å². The molecule has 3 nitrogen and oxygen atoms in total. The molecule has 0 N–H and O–H groups in total. The number of rotatable bonds is 2. The largest absolute Gasteiger partial charge is 0.244 e. The first-order valence-corrected chi connectivity index (χ1v) is 9.86. The highest BCUT2D eigenvalue weighted by atomic mass is 79.9. The number of halogens is 3. The molecule has 2 atom stereocenters. The maximum absolute atomic E-state index is 12.7. The molecule has 106 valence electrons. The van der Waals surface area contributed by atoms with E-state index >= 15 is 0 Å². The van der Waals surface area contributed by atoms with Crippen LogP contribution in [0.2, 0.25) is 0 Å². The van der Waals surface area contributed by atoms with Gasteiger partial charge in [0.2, 0.25) is 10.0 Å². The van der Waals surface area contributed by atoms with Gasteiger partial charge in [-0.3, -0.25) is 0 Å². The third-order valence-corrected chi connectivity index (χ3v) is 7.88. The fourth-order valence-electron chi connectivity index (χ4n) is 2.03. The molecular weight excluding hydrogens is 462 g/mol. The molecule has 1 fully saturated rings. The van der Waals surface area contributed by atoms with E-state index in [0.717, 1.165) is 10.9 Å². The normalized spacial score (nSPS) is 25.5. The number of hydrogen-bond donors (Lipinski definition) is 0. The number of benzene rings is 1. The summed E-state index contributed by atoms with van der Waals surface area (Å²) in [7, 11) is -3.45. The molecule has 0 aromatic heterocycles. The summed E-state index contributed by atoms with van der Waals surface area (Å²) in [5, 5.41) is 0. The van der Waals surface area contributed by atoms with E-state index in [1.807, 2.05) is 6.07 Å². The molecule has 0 saturated carbocycles. The predicted octanol–water partition coefficient (Wildman–Crippen LogP) is 4.01. The molecule has 2 unspecified atom stereocenters. The topological polar surface area (TPSA) is 37.4 Å². The lowest BCUT2D eigenvalue weighted by molar-refractivity contribution is 0.300. The molecule has 7 heteroatoms. The van der Waals surface area contributed by atoms with E-state index in [2.05, 4.69) is 54.7 Å². The second-order valence-electron chi connectivity index (χ2n) is 4.72. The zero-order valence-corrected chi connectivity index (χ0v) is 15.9. The summed E-state index contributed by atoms with van der Waals surface area (Å²) in [5.41, 5.74) is 0. The summed E-state index contributed by atoms with van der Waals surface area (Å²) in [6.45, 7) is 3.23. The smallest absolute Gasteiger partial charge is 0.207 e. The molecule has 0 amide bonds. The highest BCUT2D eigenvalue weighted by Crippen LogP contribution is 2.32. The Morgan fingerprint density at radius 2 is 2.00 bits per heavy atom. The minimum Gasteiger partial charge on any atom is -0.207 e. The molecule has 1 saturated heterocycles. The molecule has 0 radical (unpaired) electrons. The summed E-state index contributed by atoms with van der Waals surface area (Å²) >= 11 is 10.2. The van der Waals surface area contributed by atoms with Crippen molar-refractivity contribution in [2.75, 3.05) is 13.1 Å². The second-order valence-corrected chi connectivity index (χ2v) is 9.57. The van der Waals surface area contributed by atoms with E-state index in [1.54, 1.807) is 16.4 Å². The van der Waals surface area contributed by atoms with Crippen LogP contribution >= 0.6 is 47.8 Å². The van der Waals surface area contributed by atoms with Gasteiger partial charge in [0.1, 0.15) is 0 Å². The average Bonchev–Trinajstić information content (AvgIpc) is 2.35. The van der Waals surface area contributed by atoms with Gasteiger partial charge < -0.3 is 0 Å². The zero-order valence-electron chi connectivity index (χ0n) is 10.3. The molecule has 1 aliphatic heterocycles. The van der Waals surface area contributed by atoms with Gasteiger partial charge in [0.15, 0.2) is 0 Å². The molecule has 1 aromatic carbocycles. The molecule has 1 aliphatic rings. The van der Waals surface area contributed by atoms with Gasteiger partial charge in [0.25, 0.3) is 0 Å². The first-order valence-electron chi connectivity index (χ1n) is 5.91. The van der Waals surface area contributed by atoms with E-state index in [0.29, 0.717) is 28.4 Å². The lowest BCUT2D eigenvalue weighted by Crippen LogP contribution is -2.43. The van der Waals surface area contributed by atoms with Crippen LogP contribution in [0.5, 0.6) is 0 Å². The summed E-state index contributed by atoms with van der Waals surface area (Å²) < 4.78 is 28.2. The van der Waals surface area contributed by atoms with Gasteiger partial charge in [-0.2, -0.15) is 4.31 Å². The highest BCUT2D eigenvalue weighted by molar-refractivity contribution is 9.11. The van der Waals surface area contributed by atoms with E-state index in [1.165, 1.54) is 0 Å². The van der Waals surface area contributed by atoms with Crippen LogP contribution in [0, 0.1) is 5.92 Å². The van der Waals surface area contributed by atoms with E-state index < -0.39 is 10.0 Å². The minimum atomic E-state index is -3.45. The molecule has 1 heterocycles. The zero-order chi connectivity index (χ0) is 14.2.